The van der Waals surface area contributed by atoms with Gasteiger partial charge in [0.05, 0.1) is 0 Å². The molecule has 1 amide bonds. The number of hydrogen-bond acceptors (Lipinski definition) is 2. The van der Waals surface area contributed by atoms with Crippen molar-refractivity contribution in [2.24, 2.45) is 0 Å². The Hall–Kier alpha value is -1.82. The maximum atomic E-state index is 11.6. The maximum Gasteiger partial charge on any atom is 0.325 e. The Kier molecular flexibility index (Phi) is 2.66. The van der Waals surface area contributed by atoms with E-state index in [2.05, 4.69) is 12.1 Å². The van der Waals surface area contributed by atoms with E-state index in [0.717, 1.165) is 0 Å². The first-order valence-electron chi connectivity index (χ1n) is 5.78. The average molecular weight is 228 g/mol. The van der Waals surface area contributed by atoms with Crippen LogP contribution in [0.3, 0.4) is 0 Å². The van der Waals surface area contributed by atoms with Crippen LogP contribution >= 0.6 is 0 Å². The highest BCUT2D eigenvalue weighted by atomic mass is 16.2. The van der Waals surface area contributed by atoms with Crippen molar-refractivity contribution < 1.29 is 4.79 Å². The van der Waals surface area contributed by atoms with E-state index in [1.54, 1.807) is 11.0 Å². The lowest BCUT2D eigenvalue weighted by Gasteiger charge is -2.59. The van der Waals surface area contributed by atoms with E-state index in [1.807, 2.05) is 39.0 Å². The van der Waals surface area contributed by atoms with Crippen LogP contribution in [0.15, 0.2) is 30.3 Å². The largest absolute Gasteiger partial charge is 0.325 e. The van der Waals surface area contributed by atoms with E-state index in [9.17, 15) is 4.79 Å². The van der Waals surface area contributed by atoms with Crippen molar-refractivity contribution in [2.75, 3.05) is 0 Å². The molecule has 0 bridgehead atoms. The van der Waals surface area contributed by atoms with Gasteiger partial charge in [-0.2, -0.15) is 5.26 Å². The number of amides is 1. The summed E-state index contributed by atoms with van der Waals surface area (Å²) in [5.41, 5.74) is 0.945. The van der Waals surface area contributed by atoms with Gasteiger partial charge < -0.3 is 4.90 Å². The molecule has 0 saturated carbocycles. The van der Waals surface area contributed by atoms with E-state index in [0.29, 0.717) is 5.92 Å². The summed E-state index contributed by atoms with van der Waals surface area (Å²) in [4.78, 5) is 13.2. The predicted octanol–water partition coefficient (Wildman–Crippen LogP) is 2.30. The van der Waals surface area contributed by atoms with Crippen molar-refractivity contribution in [3.05, 3.63) is 35.9 Å². The van der Waals surface area contributed by atoms with E-state index < -0.39 is 5.91 Å². The quantitative estimate of drug-likeness (QED) is 0.692. The molecular formula is C14H16N2O. The molecule has 1 heterocycles. The van der Waals surface area contributed by atoms with Gasteiger partial charge in [0.2, 0.25) is 0 Å². The summed E-state index contributed by atoms with van der Waals surface area (Å²) in [6.07, 6.45) is 0. The Balaban J connectivity index is 2.30. The number of benzene rings is 1. The first-order valence-corrected chi connectivity index (χ1v) is 5.78. The summed E-state index contributed by atoms with van der Waals surface area (Å²) < 4.78 is 0. The molecule has 1 aromatic rings. The molecule has 2 unspecified atom stereocenters. The molecule has 1 aromatic carbocycles. The number of hydrogen-bond donors (Lipinski definition) is 0. The zero-order chi connectivity index (χ0) is 12.6. The molecule has 1 aliphatic heterocycles. The SMILES string of the molecule is CC1C(c2ccccc2)C(C)(C)N1C(=O)C#N. The van der Waals surface area contributed by atoms with Crippen LogP contribution in [0, 0.1) is 11.3 Å². The van der Waals surface area contributed by atoms with Crippen LogP contribution in [0.2, 0.25) is 0 Å². The lowest BCUT2D eigenvalue weighted by molar-refractivity contribution is -0.150. The van der Waals surface area contributed by atoms with Crippen molar-refractivity contribution in [3.8, 4) is 6.07 Å². The average Bonchev–Trinajstić information content (AvgIpc) is 2.29. The molecule has 1 saturated heterocycles. The number of carbonyl (C=O) groups excluding carboxylic acids is 1. The minimum atomic E-state index is -0.435. The van der Waals surface area contributed by atoms with Crippen molar-refractivity contribution in [1.82, 2.24) is 4.90 Å². The van der Waals surface area contributed by atoms with E-state index >= 15 is 0 Å². The summed E-state index contributed by atoms with van der Waals surface area (Å²) in [5, 5.41) is 8.74. The summed E-state index contributed by atoms with van der Waals surface area (Å²) in [7, 11) is 0. The molecular weight excluding hydrogens is 212 g/mol. The van der Waals surface area contributed by atoms with Gasteiger partial charge in [-0.05, 0) is 26.3 Å². The molecule has 0 aromatic heterocycles. The Morgan fingerprint density at radius 1 is 1.35 bits per heavy atom. The van der Waals surface area contributed by atoms with Gasteiger partial charge in [0.1, 0.15) is 0 Å². The minimum Gasteiger partial charge on any atom is -0.321 e. The molecule has 2 rings (SSSR count). The highest BCUT2D eigenvalue weighted by Crippen LogP contribution is 2.48. The van der Waals surface area contributed by atoms with Crippen LogP contribution < -0.4 is 0 Å². The van der Waals surface area contributed by atoms with Gasteiger partial charge in [0.25, 0.3) is 0 Å². The Morgan fingerprint density at radius 3 is 2.41 bits per heavy atom. The fourth-order valence-corrected chi connectivity index (χ4v) is 3.18. The lowest BCUT2D eigenvalue weighted by Crippen LogP contribution is -2.69. The molecule has 1 fully saturated rings. The standard InChI is InChI=1S/C14H16N2O/c1-10-13(11-7-5-4-6-8-11)14(2,3)16(10)12(17)9-15/h4-8,10,13H,1-3H3. The third-order valence-electron chi connectivity index (χ3n) is 3.74. The summed E-state index contributed by atoms with van der Waals surface area (Å²) >= 11 is 0. The molecule has 3 heteroatoms. The number of rotatable bonds is 1. The Labute approximate surface area is 102 Å². The highest BCUT2D eigenvalue weighted by Gasteiger charge is 2.54. The summed E-state index contributed by atoms with van der Waals surface area (Å²) in [6, 6.07) is 12.0. The number of likely N-dealkylation sites (tertiary alicyclic amines) is 1. The molecule has 0 N–H and O–H groups in total. The maximum absolute atomic E-state index is 11.6. The van der Waals surface area contributed by atoms with E-state index in [4.69, 9.17) is 5.26 Å². The Bertz CT molecular complexity index is 473. The Morgan fingerprint density at radius 2 is 1.94 bits per heavy atom. The number of nitrogens with zero attached hydrogens (tertiary/aromatic N) is 2. The third-order valence-corrected chi connectivity index (χ3v) is 3.74. The topological polar surface area (TPSA) is 44.1 Å². The van der Waals surface area contributed by atoms with Crippen molar-refractivity contribution in [1.29, 1.82) is 5.26 Å². The second-order valence-electron chi connectivity index (χ2n) is 5.07. The minimum absolute atomic E-state index is 0.0829. The highest BCUT2D eigenvalue weighted by molar-refractivity contribution is 5.93. The zero-order valence-electron chi connectivity index (χ0n) is 10.3. The smallest absolute Gasteiger partial charge is 0.321 e. The molecule has 88 valence electrons. The van der Waals surface area contributed by atoms with Crippen LogP contribution in [0.1, 0.15) is 32.3 Å². The van der Waals surface area contributed by atoms with Gasteiger partial charge in [-0.3, -0.25) is 4.79 Å². The van der Waals surface area contributed by atoms with Gasteiger partial charge in [-0.15, -0.1) is 0 Å². The normalized spacial score (nSPS) is 25.9. The first-order chi connectivity index (χ1) is 8.00. The van der Waals surface area contributed by atoms with Crippen LogP contribution in [-0.4, -0.2) is 22.4 Å². The van der Waals surface area contributed by atoms with Gasteiger partial charge in [-0.25, -0.2) is 0 Å². The van der Waals surface area contributed by atoms with Crippen LogP contribution in [0.4, 0.5) is 0 Å². The molecule has 2 atom stereocenters. The van der Waals surface area contributed by atoms with E-state index in [-0.39, 0.29) is 11.6 Å². The first kappa shape index (κ1) is 11.7. The van der Waals surface area contributed by atoms with Crippen molar-refractivity contribution in [2.45, 2.75) is 38.3 Å². The van der Waals surface area contributed by atoms with Crippen molar-refractivity contribution in [3.63, 3.8) is 0 Å². The second-order valence-corrected chi connectivity index (χ2v) is 5.07. The lowest BCUT2D eigenvalue weighted by atomic mass is 9.67. The molecule has 17 heavy (non-hydrogen) atoms. The molecule has 1 aliphatic rings. The summed E-state index contributed by atoms with van der Waals surface area (Å²) in [5.74, 6) is -0.143. The summed E-state index contributed by atoms with van der Waals surface area (Å²) in [6.45, 7) is 6.03. The number of nitriles is 1. The molecule has 3 nitrogen and oxygen atoms in total. The fourth-order valence-electron chi connectivity index (χ4n) is 3.18. The fraction of sp³-hybridized carbons (Fsp3) is 0.429. The van der Waals surface area contributed by atoms with Gasteiger partial charge in [0, 0.05) is 17.5 Å². The van der Waals surface area contributed by atoms with Crippen LogP contribution in [0.25, 0.3) is 0 Å². The van der Waals surface area contributed by atoms with Gasteiger partial charge in [0.15, 0.2) is 6.07 Å². The second kappa shape index (κ2) is 3.89. The van der Waals surface area contributed by atoms with Crippen molar-refractivity contribution >= 4 is 5.91 Å². The zero-order valence-corrected chi connectivity index (χ0v) is 10.3. The molecule has 0 spiro atoms. The predicted molar refractivity (Wildman–Crippen MR) is 65.2 cm³/mol. The van der Waals surface area contributed by atoms with Gasteiger partial charge >= 0.3 is 5.91 Å². The van der Waals surface area contributed by atoms with Crippen LogP contribution in [0.5, 0.6) is 0 Å². The monoisotopic (exact) mass is 228 g/mol. The molecule has 0 aliphatic carbocycles. The van der Waals surface area contributed by atoms with E-state index in [1.165, 1.54) is 5.56 Å². The van der Waals surface area contributed by atoms with Crippen LogP contribution in [-0.2, 0) is 4.79 Å². The third kappa shape index (κ3) is 1.61. The van der Waals surface area contributed by atoms with Gasteiger partial charge in [-0.1, -0.05) is 30.3 Å². The number of carbonyl (C=O) groups is 1. The molecule has 0 radical (unpaired) electrons.